The van der Waals surface area contributed by atoms with Gasteiger partial charge >= 0.3 is 12.3 Å². The normalized spacial score (nSPS) is 11.9. The molecule has 0 atom stereocenters. The van der Waals surface area contributed by atoms with Crippen molar-refractivity contribution in [2.45, 2.75) is 32.5 Å². The summed E-state index contributed by atoms with van der Waals surface area (Å²) in [6.45, 7) is 4.52. The minimum Gasteiger partial charge on any atom is -0.492 e. The van der Waals surface area contributed by atoms with E-state index in [1.165, 1.54) is 12.1 Å². The van der Waals surface area contributed by atoms with E-state index in [4.69, 9.17) is 14.2 Å². The molecule has 0 radical (unpaired) electrons. The molecule has 0 aromatic heterocycles. The molecule has 0 fully saturated rings. The van der Waals surface area contributed by atoms with E-state index in [0.717, 1.165) is 10.8 Å². The molecule has 5 nitrogen and oxygen atoms in total. The Morgan fingerprint density at radius 3 is 2.04 bits per heavy atom. The number of alkyl halides is 3. The largest absolute Gasteiger partial charge is 0.492 e. The molecule has 2 aromatic rings. The minimum atomic E-state index is -4.38. The number of nitrogens with one attached hydrogen (secondary N) is 1. The molecule has 27 heavy (non-hydrogen) atoms. The van der Waals surface area contributed by atoms with Gasteiger partial charge in [0.05, 0.1) is 6.54 Å². The first kappa shape index (κ1) is 20.7. The van der Waals surface area contributed by atoms with E-state index in [9.17, 15) is 18.0 Å². The highest BCUT2D eigenvalue weighted by molar-refractivity contribution is 5.85. The van der Waals surface area contributed by atoms with E-state index >= 15 is 0 Å². The van der Waals surface area contributed by atoms with Gasteiger partial charge in [-0.3, -0.25) is 0 Å². The molecule has 0 bridgehead atoms. The average Bonchev–Trinajstić information content (AvgIpc) is 2.54. The van der Waals surface area contributed by atoms with Gasteiger partial charge in [-0.25, -0.2) is 4.79 Å². The van der Waals surface area contributed by atoms with E-state index in [1.807, 2.05) is 0 Å². The summed E-state index contributed by atoms with van der Waals surface area (Å²) in [5.41, 5.74) is -0.564. The van der Waals surface area contributed by atoms with Crippen molar-refractivity contribution in [1.82, 2.24) is 5.32 Å². The van der Waals surface area contributed by atoms with Crippen LogP contribution in [0.4, 0.5) is 18.0 Å². The molecule has 0 saturated carbocycles. The summed E-state index contributed by atoms with van der Waals surface area (Å²) in [5.74, 6) is 0.729. The third kappa shape index (κ3) is 7.64. The molecular formula is C19H22F3NO4. The van der Waals surface area contributed by atoms with Crippen LogP contribution in [0.3, 0.4) is 0 Å². The Bertz CT molecular complexity index is 785. The Hall–Kier alpha value is -2.64. The zero-order valence-corrected chi connectivity index (χ0v) is 15.4. The van der Waals surface area contributed by atoms with Gasteiger partial charge in [0.2, 0.25) is 0 Å². The van der Waals surface area contributed by atoms with Crippen LogP contribution < -0.4 is 14.8 Å². The van der Waals surface area contributed by atoms with Crippen LogP contribution in [0.1, 0.15) is 20.8 Å². The Labute approximate surface area is 155 Å². The Morgan fingerprint density at radius 1 is 0.963 bits per heavy atom. The summed E-state index contributed by atoms with van der Waals surface area (Å²) in [5, 5.41) is 4.11. The van der Waals surface area contributed by atoms with Gasteiger partial charge in [-0.05, 0) is 55.8 Å². The van der Waals surface area contributed by atoms with Crippen LogP contribution in [0, 0.1) is 0 Å². The summed E-state index contributed by atoms with van der Waals surface area (Å²) < 4.78 is 52.0. The molecular weight excluding hydrogens is 363 g/mol. The molecule has 2 aromatic carbocycles. The molecule has 0 aliphatic carbocycles. The molecule has 0 aliphatic rings. The Kier molecular flexibility index (Phi) is 6.41. The van der Waals surface area contributed by atoms with Gasteiger partial charge in [-0.15, -0.1) is 0 Å². The van der Waals surface area contributed by atoms with E-state index in [-0.39, 0.29) is 18.9 Å². The second-order valence-corrected chi connectivity index (χ2v) is 6.85. The smallest absolute Gasteiger partial charge is 0.422 e. The summed E-state index contributed by atoms with van der Waals surface area (Å²) >= 11 is 0. The highest BCUT2D eigenvalue weighted by Crippen LogP contribution is 2.26. The number of ether oxygens (including phenoxy) is 3. The topological polar surface area (TPSA) is 56.8 Å². The number of hydrogen-bond acceptors (Lipinski definition) is 4. The lowest BCUT2D eigenvalue weighted by Crippen LogP contribution is -2.34. The van der Waals surface area contributed by atoms with Crippen molar-refractivity contribution >= 4 is 16.9 Å². The predicted octanol–water partition coefficient (Wildman–Crippen LogP) is 4.68. The van der Waals surface area contributed by atoms with Crippen molar-refractivity contribution in [2.75, 3.05) is 19.8 Å². The van der Waals surface area contributed by atoms with Crippen LogP contribution >= 0.6 is 0 Å². The highest BCUT2D eigenvalue weighted by Gasteiger charge is 2.28. The number of carbonyl (C=O) groups excluding carboxylic acids is 1. The minimum absolute atomic E-state index is 0.148. The number of carbonyl (C=O) groups is 1. The fraction of sp³-hybridized carbons (Fsp3) is 0.421. The van der Waals surface area contributed by atoms with Gasteiger partial charge in [-0.2, -0.15) is 13.2 Å². The number of halogens is 3. The first-order chi connectivity index (χ1) is 12.5. The summed E-state index contributed by atoms with van der Waals surface area (Å²) in [4.78, 5) is 11.5. The molecule has 0 saturated heterocycles. The van der Waals surface area contributed by atoms with Crippen LogP contribution in [0.2, 0.25) is 0 Å². The maximum atomic E-state index is 12.2. The number of benzene rings is 2. The SMILES string of the molecule is CC(C)(C)OC(=O)NCCOc1ccc2cc(OCC(F)(F)F)ccc2c1. The van der Waals surface area contributed by atoms with Gasteiger partial charge < -0.3 is 19.5 Å². The van der Waals surface area contributed by atoms with Gasteiger partial charge in [0, 0.05) is 0 Å². The van der Waals surface area contributed by atoms with Gasteiger partial charge in [0.1, 0.15) is 23.7 Å². The van der Waals surface area contributed by atoms with E-state index in [2.05, 4.69) is 5.32 Å². The lowest BCUT2D eigenvalue weighted by molar-refractivity contribution is -0.153. The zero-order valence-electron chi connectivity index (χ0n) is 15.4. The molecule has 2 rings (SSSR count). The monoisotopic (exact) mass is 385 g/mol. The molecule has 148 valence electrons. The molecule has 0 aliphatic heterocycles. The van der Waals surface area contributed by atoms with Crippen LogP contribution in [-0.2, 0) is 4.74 Å². The molecule has 0 heterocycles. The first-order valence-electron chi connectivity index (χ1n) is 8.35. The quantitative estimate of drug-likeness (QED) is 0.734. The lowest BCUT2D eigenvalue weighted by Gasteiger charge is -2.19. The van der Waals surface area contributed by atoms with E-state index < -0.39 is 24.5 Å². The third-order valence-electron chi connectivity index (χ3n) is 3.22. The molecule has 1 amide bonds. The van der Waals surface area contributed by atoms with Crippen molar-refractivity contribution in [3.05, 3.63) is 36.4 Å². The van der Waals surface area contributed by atoms with Crippen LogP contribution in [0.15, 0.2) is 36.4 Å². The number of alkyl carbamates (subject to hydrolysis) is 1. The second-order valence-electron chi connectivity index (χ2n) is 6.85. The van der Waals surface area contributed by atoms with Gasteiger partial charge in [0.15, 0.2) is 6.61 Å². The van der Waals surface area contributed by atoms with Crippen molar-refractivity contribution in [3.63, 3.8) is 0 Å². The Balaban J connectivity index is 1.86. The average molecular weight is 385 g/mol. The molecule has 8 heteroatoms. The third-order valence-corrected chi connectivity index (χ3v) is 3.22. The fourth-order valence-corrected chi connectivity index (χ4v) is 2.18. The van der Waals surface area contributed by atoms with Gasteiger partial charge in [-0.1, -0.05) is 12.1 Å². The number of amides is 1. The molecule has 1 N–H and O–H groups in total. The van der Waals surface area contributed by atoms with E-state index in [1.54, 1.807) is 45.0 Å². The van der Waals surface area contributed by atoms with Crippen LogP contribution in [0.5, 0.6) is 11.5 Å². The van der Waals surface area contributed by atoms with Crippen molar-refractivity contribution < 1.29 is 32.2 Å². The summed E-state index contributed by atoms with van der Waals surface area (Å²) in [6.07, 6.45) is -4.89. The lowest BCUT2D eigenvalue weighted by atomic mass is 10.1. The predicted molar refractivity (Wildman–Crippen MR) is 95.2 cm³/mol. The second kappa shape index (κ2) is 8.37. The molecule has 0 spiro atoms. The summed E-state index contributed by atoms with van der Waals surface area (Å²) in [6, 6.07) is 9.86. The van der Waals surface area contributed by atoms with Gasteiger partial charge in [0.25, 0.3) is 0 Å². The Morgan fingerprint density at radius 2 is 1.52 bits per heavy atom. The fourth-order valence-electron chi connectivity index (χ4n) is 2.18. The number of rotatable bonds is 6. The van der Waals surface area contributed by atoms with Crippen molar-refractivity contribution in [1.29, 1.82) is 0 Å². The molecule has 0 unspecified atom stereocenters. The van der Waals surface area contributed by atoms with E-state index in [0.29, 0.717) is 5.75 Å². The highest BCUT2D eigenvalue weighted by atomic mass is 19.4. The zero-order chi connectivity index (χ0) is 20.1. The van der Waals surface area contributed by atoms with Crippen LogP contribution in [0.25, 0.3) is 10.8 Å². The first-order valence-corrected chi connectivity index (χ1v) is 8.35. The standard InChI is InChI=1S/C19H22F3NO4/c1-18(2,3)27-17(24)23-8-9-25-15-6-4-14-11-16(7-5-13(14)10-15)26-12-19(20,21)22/h4-7,10-11H,8-9,12H2,1-3H3,(H,23,24). The number of fused-ring (bicyclic) bond motifs is 1. The van der Waals surface area contributed by atoms with Crippen LogP contribution in [-0.4, -0.2) is 37.6 Å². The maximum absolute atomic E-state index is 12.2. The van der Waals surface area contributed by atoms with Crippen molar-refractivity contribution in [2.24, 2.45) is 0 Å². The summed E-state index contributed by atoms with van der Waals surface area (Å²) in [7, 11) is 0. The maximum Gasteiger partial charge on any atom is 0.422 e. The van der Waals surface area contributed by atoms with Crippen molar-refractivity contribution in [3.8, 4) is 11.5 Å². The number of hydrogen-bond donors (Lipinski definition) is 1.